The monoisotopic (exact) mass is 520 g/mol. The second-order valence-corrected chi connectivity index (χ2v) is 8.58. The number of fused-ring (bicyclic) bond motifs is 1. The molecule has 2 atom stereocenters. The van der Waals surface area contributed by atoms with Crippen molar-refractivity contribution in [3.8, 4) is 22.8 Å². The van der Waals surface area contributed by atoms with Gasteiger partial charge >= 0.3 is 0 Å². The van der Waals surface area contributed by atoms with E-state index in [9.17, 15) is 4.79 Å². The van der Waals surface area contributed by atoms with Crippen molar-refractivity contribution < 1.29 is 23.1 Å². The summed E-state index contributed by atoms with van der Waals surface area (Å²) in [5.41, 5.74) is 0.801. The lowest BCUT2D eigenvalue weighted by Crippen LogP contribution is -2.30. The molecule has 1 fully saturated rings. The van der Waals surface area contributed by atoms with Gasteiger partial charge in [-0.2, -0.15) is 0 Å². The van der Waals surface area contributed by atoms with Crippen LogP contribution < -0.4 is 20.1 Å². The molecule has 35 heavy (non-hydrogen) atoms. The Hall–Kier alpha value is -3.14. The van der Waals surface area contributed by atoms with E-state index in [0.29, 0.717) is 35.7 Å². The number of ether oxygens (including phenoxy) is 3. The number of carbonyl (C=O) groups excluding carboxylic acids is 1. The molecular formula is C24H25Cl2N5O4. The van der Waals surface area contributed by atoms with Crippen molar-refractivity contribution in [1.29, 1.82) is 0 Å². The van der Waals surface area contributed by atoms with E-state index >= 15 is 0 Å². The van der Waals surface area contributed by atoms with Crippen molar-refractivity contribution in [2.24, 2.45) is 5.92 Å². The lowest BCUT2D eigenvalue weighted by atomic mass is 9.97. The van der Waals surface area contributed by atoms with Crippen LogP contribution in [-0.2, 0) is 9.53 Å². The van der Waals surface area contributed by atoms with E-state index in [1.165, 1.54) is 26.5 Å². The zero-order valence-corrected chi connectivity index (χ0v) is 20.5. The molecule has 0 spiro atoms. The van der Waals surface area contributed by atoms with Crippen molar-refractivity contribution in [2.45, 2.75) is 12.5 Å². The largest absolute Gasteiger partial charge is 0.495 e. The predicted molar refractivity (Wildman–Crippen MR) is 137 cm³/mol. The van der Waals surface area contributed by atoms with Gasteiger partial charge in [0.1, 0.15) is 17.0 Å². The quantitative estimate of drug-likeness (QED) is 0.390. The fraction of sp³-hybridized carbons (Fsp3) is 0.333. The first-order chi connectivity index (χ1) is 18.0. The van der Waals surface area contributed by atoms with Gasteiger partial charge in [0.15, 0.2) is 11.6 Å². The van der Waals surface area contributed by atoms with E-state index in [-0.39, 0.29) is 57.2 Å². The van der Waals surface area contributed by atoms with Crippen LogP contribution in [0, 0.1) is 5.92 Å². The topological polar surface area (TPSA) is 107 Å². The Morgan fingerprint density at radius 1 is 1.26 bits per heavy atom. The van der Waals surface area contributed by atoms with Gasteiger partial charge in [-0.15, -0.1) is 0 Å². The van der Waals surface area contributed by atoms with Crippen molar-refractivity contribution in [3.05, 3.63) is 41.0 Å². The molecule has 4 rings (SSSR count). The first-order valence-corrected chi connectivity index (χ1v) is 11.4. The Morgan fingerprint density at radius 3 is 2.66 bits per heavy atom. The molecule has 11 heteroatoms. The molecule has 0 saturated carbocycles. The number of allylic oxidation sites excluding steroid dienone is 1. The number of pyridine rings is 1. The van der Waals surface area contributed by atoms with E-state index in [2.05, 4.69) is 32.2 Å². The van der Waals surface area contributed by atoms with Gasteiger partial charge in [0.25, 0.3) is 0 Å². The van der Waals surface area contributed by atoms with E-state index in [4.69, 9.17) is 41.5 Å². The fourth-order valence-electron chi connectivity index (χ4n) is 3.90. The number of hydrogen-bond acceptors (Lipinski definition) is 9. The van der Waals surface area contributed by atoms with Crippen LogP contribution in [0.15, 0.2) is 31.0 Å². The molecule has 1 aliphatic heterocycles. The summed E-state index contributed by atoms with van der Waals surface area (Å²) in [6.07, 6.45) is 3.09. The predicted octanol–water partition coefficient (Wildman–Crippen LogP) is 4.63. The van der Waals surface area contributed by atoms with Crippen LogP contribution in [0.1, 0.15) is 10.5 Å². The van der Waals surface area contributed by atoms with Gasteiger partial charge in [-0.05, 0) is 12.1 Å². The fourth-order valence-corrected chi connectivity index (χ4v) is 4.60. The zero-order chi connectivity index (χ0) is 27.6. The minimum absolute atomic E-state index is 0.0297. The normalized spacial score (nSPS) is 18.9. The number of ketones is 1. The van der Waals surface area contributed by atoms with Crippen LogP contribution in [0.3, 0.4) is 0 Å². The van der Waals surface area contributed by atoms with Crippen LogP contribution in [0.25, 0.3) is 22.2 Å². The molecule has 0 unspecified atom stereocenters. The van der Waals surface area contributed by atoms with Crippen LogP contribution in [-0.4, -0.2) is 61.2 Å². The molecule has 1 aromatic carbocycles. The highest BCUT2D eigenvalue weighted by atomic mass is 35.5. The Bertz CT molecular complexity index is 1360. The second-order valence-electron chi connectivity index (χ2n) is 7.82. The number of aromatic nitrogens is 3. The lowest BCUT2D eigenvalue weighted by molar-refractivity contribution is -0.115. The van der Waals surface area contributed by atoms with Gasteiger partial charge in [-0.3, -0.25) is 4.79 Å². The van der Waals surface area contributed by atoms with Crippen molar-refractivity contribution in [3.63, 3.8) is 0 Å². The third-order valence-corrected chi connectivity index (χ3v) is 6.47. The molecule has 2 N–H and O–H groups in total. The van der Waals surface area contributed by atoms with E-state index in [1.807, 2.05) is 0 Å². The highest BCUT2D eigenvalue weighted by Gasteiger charge is 2.30. The summed E-state index contributed by atoms with van der Waals surface area (Å²) in [7, 11) is 2.90. The minimum Gasteiger partial charge on any atom is -0.495 e. The van der Waals surface area contributed by atoms with E-state index in [1.54, 1.807) is 12.1 Å². The summed E-state index contributed by atoms with van der Waals surface area (Å²) in [5.74, 6) is 0.624. The standard InChI is InChI=1S/C24H25Cl2N5O4/c1-5-14(32)6-13-10-35-11-16(13)30-24-28-9-12-7-15(29-23(27-2)22(12)31-24)19-20(25)17(33-3)8-18(34-4)21(19)26/h5,7-9,13,16H,1,6,10-11H2,2-4H3,(H,27,29)(H,28,30,31)/t13-,16+/m0/s1/i2D3. The molecule has 3 aromatic rings. The third kappa shape index (κ3) is 4.98. The maximum Gasteiger partial charge on any atom is 0.223 e. The maximum atomic E-state index is 11.9. The number of nitrogens with zero attached hydrogens (tertiary/aromatic N) is 3. The highest BCUT2D eigenvalue weighted by Crippen LogP contribution is 2.46. The lowest BCUT2D eigenvalue weighted by Gasteiger charge is -2.19. The summed E-state index contributed by atoms with van der Waals surface area (Å²) >= 11 is 13.1. The first kappa shape index (κ1) is 21.2. The summed E-state index contributed by atoms with van der Waals surface area (Å²) in [4.78, 5) is 25.3. The minimum atomic E-state index is -2.58. The SMILES string of the molecule is [2H]C([2H])([2H])Nc1nc(-c2c(Cl)c(OC)cc(OC)c2Cl)cc2cnc(N[C@@H]3COC[C@@H]3CC(=O)C=C)nc12. The Kier molecular flexibility index (Phi) is 6.43. The molecule has 9 nitrogen and oxygen atoms in total. The summed E-state index contributed by atoms with van der Waals surface area (Å²) in [5, 5.41) is 6.45. The average Bonchev–Trinajstić information content (AvgIpc) is 3.29. The highest BCUT2D eigenvalue weighted by molar-refractivity contribution is 6.41. The molecule has 2 aromatic heterocycles. The number of hydrogen-bond donors (Lipinski definition) is 2. The van der Waals surface area contributed by atoms with Crippen molar-refractivity contribution in [2.75, 3.05) is 45.0 Å². The Balaban J connectivity index is 1.80. The number of nitrogens with one attached hydrogen (secondary N) is 2. The van der Waals surface area contributed by atoms with Gasteiger partial charge in [0.2, 0.25) is 5.95 Å². The summed E-state index contributed by atoms with van der Waals surface area (Å²) in [6, 6.07) is 2.96. The van der Waals surface area contributed by atoms with Crippen LogP contribution in [0.4, 0.5) is 11.8 Å². The Labute approximate surface area is 217 Å². The molecular weight excluding hydrogens is 493 g/mol. The smallest absolute Gasteiger partial charge is 0.223 e. The van der Waals surface area contributed by atoms with Gasteiger partial charge < -0.3 is 24.8 Å². The molecule has 1 saturated heterocycles. The van der Waals surface area contributed by atoms with Gasteiger partial charge in [0, 0.05) is 46.6 Å². The summed E-state index contributed by atoms with van der Waals surface area (Å²) < 4.78 is 39.5. The third-order valence-electron chi connectivity index (χ3n) is 5.72. The average molecular weight is 521 g/mol. The molecule has 0 radical (unpaired) electrons. The van der Waals surface area contributed by atoms with Gasteiger partial charge in [0.05, 0.1) is 49.2 Å². The molecule has 0 aliphatic carbocycles. The van der Waals surface area contributed by atoms with E-state index < -0.39 is 6.98 Å². The molecule has 0 bridgehead atoms. The Morgan fingerprint density at radius 2 is 2.00 bits per heavy atom. The molecule has 184 valence electrons. The van der Waals surface area contributed by atoms with Crippen LogP contribution >= 0.6 is 23.2 Å². The van der Waals surface area contributed by atoms with Crippen molar-refractivity contribution >= 4 is 51.7 Å². The maximum absolute atomic E-state index is 11.9. The number of methoxy groups -OCH3 is 2. The second kappa shape index (κ2) is 10.6. The first-order valence-electron chi connectivity index (χ1n) is 12.1. The van der Waals surface area contributed by atoms with Crippen LogP contribution in [0.2, 0.25) is 10.0 Å². The van der Waals surface area contributed by atoms with E-state index in [0.717, 1.165) is 0 Å². The molecule has 3 heterocycles. The number of halogens is 2. The van der Waals surface area contributed by atoms with Gasteiger partial charge in [-0.1, -0.05) is 29.8 Å². The number of carbonyl (C=O) groups is 1. The van der Waals surface area contributed by atoms with Crippen LogP contribution in [0.5, 0.6) is 11.5 Å². The van der Waals surface area contributed by atoms with Gasteiger partial charge in [-0.25, -0.2) is 15.0 Å². The number of benzene rings is 1. The zero-order valence-electron chi connectivity index (χ0n) is 22.0. The number of rotatable bonds is 9. The molecule has 0 amide bonds. The molecule has 1 aliphatic rings. The number of anilines is 2. The van der Waals surface area contributed by atoms with Crippen molar-refractivity contribution in [1.82, 2.24) is 15.0 Å². The summed E-state index contributed by atoms with van der Waals surface area (Å²) in [6.45, 7) is 1.71.